The molecule has 0 aromatic carbocycles. The van der Waals surface area contributed by atoms with Crippen molar-refractivity contribution in [3.05, 3.63) is 24.0 Å². The molecule has 1 saturated heterocycles. The Kier molecular flexibility index (Phi) is 4.24. The van der Waals surface area contributed by atoms with Gasteiger partial charge in [-0.2, -0.15) is 0 Å². The minimum atomic E-state index is 0.309. The second-order valence-corrected chi connectivity index (χ2v) is 5.62. The molecule has 1 aliphatic heterocycles. The number of rotatable bonds is 4. The third kappa shape index (κ3) is 3.58. The fourth-order valence-corrected chi connectivity index (χ4v) is 2.57. The quantitative estimate of drug-likeness (QED) is 0.836. The van der Waals surface area contributed by atoms with Gasteiger partial charge in [-0.25, -0.2) is 0 Å². The van der Waals surface area contributed by atoms with Gasteiger partial charge in [0.1, 0.15) is 0 Å². The summed E-state index contributed by atoms with van der Waals surface area (Å²) >= 11 is 0. The molecule has 3 heteroatoms. The van der Waals surface area contributed by atoms with Gasteiger partial charge >= 0.3 is 0 Å². The Labute approximate surface area is 105 Å². The number of hydrogen-bond acceptors (Lipinski definition) is 2. The smallest absolute Gasteiger partial charge is 0.0156 e. The highest BCUT2D eigenvalue weighted by Gasteiger charge is 2.26. The lowest BCUT2D eigenvalue weighted by atomic mass is 9.94. The van der Waals surface area contributed by atoms with Crippen LogP contribution >= 0.6 is 0 Å². The van der Waals surface area contributed by atoms with E-state index in [1.54, 1.807) is 0 Å². The number of aromatic nitrogens is 1. The number of H-pyrrole nitrogens is 1. The molecule has 2 N–H and O–H groups in total. The summed E-state index contributed by atoms with van der Waals surface area (Å²) in [7, 11) is 0. The third-order valence-electron chi connectivity index (χ3n) is 3.88. The van der Waals surface area contributed by atoms with Gasteiger partial charge in [0, 0.05) is 31.0 Å². The van der Waals surface area contributed by atoms with Gasteiger partial charge in [0.15, 0.2) is 0 Å². The van der Waals surface area contributed by atoms with Gasteiger partial charge < -0.3 is 10.3 Å². The molecule has 2 rings (SSSR count). The molecular formula is C14H25N3. The van der Waals surface area contributed by atoms with E-state index in [1.165, 1.54) is 44.5 Å². The van der Waals surface area contributed by atoms with Gasteiger partial charge in [-0.15, -0.1) is 0 Å². The lowest BCUT2D eigenvalue weighted by molar-refractivity contribution is 0.120. The number of nitrogens with zero attached hydrogens (tertiary/aromatic N) is 1. The molecule has 0 unspecified atom stereocenters. The fourth-order valence-electron chi connectivity index (χ4n) is 2.57. The Hall–Kier alpha value is -0.800. The summed E-state index contributed by atoms with van der Waals surface area (Å²) in [6, 6.07) is 2.18. The second-order valence-electron chi connectivity index (χ2n) is 5.62. The molecule has 1 fully saturated rings. The highest BCUT2D eigenvalue weighted by Crippen LogP contribution is 2.22. The van der Waals surface area contributed by atoms with Crippen molar-refractivity contribution in [1.29, 1.82) is 0 Å². The number of aromatic amines is 1. The second kappa shape index (κ2) is 5.69. The van der Waals surface area contributed by atoms with Gasteiger partial charge in [-0.05, 0) is 57.8 Å². The Balaban J connectivity index is 1.87. The van der Waals surface area contributed by atoms with Crippen LogP contribution in [0.1, 0.15) is 32.3 Å². The maximum atomic E-state index is 3.47. The van der Waals surface area contributed by atoms with Crippen LogP contribution in [-0.4, -0.2) is 41.6 Å². The van der Waals surface area contributed by atoms with Crippen molar-refractivity contribution in [2.75, 3.05) is 26.2 Å². The van der Waals surface area contributed by atoms with E-state index in [4.69, 9.17) is 0 Å². The zero-order valence-corrected chi connectivity index (χ0v) is 11.1. The molecule has 0 bridgehead atoms. The van der Waals surface area contributed by atoms with E-state index in [0.717, 1.165) is 6.54 Å². The lowest BCUT2D eigenvalue weighted by Gasteiger charge is -2.38. The van der Waals surface area contributed by atoms with Crippen LogP contribution in [0.5, 0.6) is 0 Å². The highest BCUT2D eigenvalue weighted by molar-refractivity contribution is 5.09. The van der Waals surface area contributed by atoms with Crippen LogP contribution in [-0.2, 0) is 6.42 Å². The topological polar surface area (TPSA) is 31.1 Å². The zero-order valence-electron chi connectivity index (χ0n) is 11.1. The van der Waals surface area contributed by atoms with Crippen LogP contribution in [0.3, 0.4) is 0 Å². The molecule has 0 amide bonds. The Morgan fingerprint density at radius 1 is 1.29 bits per heavy atom. The summed E-state index contributed by atoms with van der Waals surface area (Å²) in [4.78, 5) is 5.77. The van der Waals surface area contributed by atoms with Gasteiger partial charge in [-0.3, -0.25) is 4.90 Å². The van der Waals surface area contributed by atoms with Crippen LogP contribution in [0.4, 0.5) is 0 Å². The van der Waals surface area contributed by atoms with E-state index in [1.807, 2.05) is 6.20 Å². The Bertz CT molecular complexity index is 308. The van der Waals surface area contributed by atoms with Gasteiger partial charge in [0.2, 0.25) is 0 Å². The van der Waals surface area contributed by atoms with E-state index in [9.17, 15) is 0 Å². The van der Waals surface area contributed by atoms with Crippen molar-refractivity contribution in [2.45, 2.75) is 38.6 Å². The molecule has 3 nitrogen and oxygen atoms in total. The van der Waals surface area contributed by atoms with Gasteiger partial charge in [-0.1, -0.05) is 0 Å². The Morgan fingerprint density at radius 3 is 2.94 bits per heavy atom. The first-order valence-electron chi connectivity index (χ1n) is 6.76. The molecule has 1 aromatic rings. The van der Waals surface area contributed by atoms with Crippen molar-refractivity contribution in [1.82, 2.24) is 15.2 Å². The summed E-state index contributed by atoms with van der Waals surface area (Å²) in [5.74, 6) is 0. The zero-order chi connectivity index (χ0) is 12.1. The number of nitrogens with one attached hydrogen (secondary N) is 2. The predicted molar refractivity (Wildman–Crippen MR) is 72.3 cm³/mol. The first kappa shape index (κ1) is 12.7. The summed E-state index contributed by atoms with van der Waals surface area (Å²) in [5.41, 5.74) is 1.73. The van der Waals surface area contributed by atoms with Crippen LogP contribution in [0.25, 0.3) is 0 Å². The van der Waals surface area contributed by atoms with Gasteiger partial charge in [0.05, 0.1) is 0 Å². The summed E-state index contributed by atoms with van der Waals surface area (Å²) in [6.07, 6.45) is 7.79. The molecule has 0 spiro atoms. The fraction of sp³-hybridized carbons (Fsp3) is 0.714. The monoisotopic (exact) mass is 235 g/mol. The van der Waals surface area contributed by atoms with E-state index in [2.05, 4.69) is 41.3 Å². The first-order valence-corrected chi connectivity index (χ1v) is 6.76. The molecule has 1 aliphatic rings. The van der Waals surface area contributed by atoms with E-state index in [-0.39, 0.29) is 0 Å². The molecule has 0 saturated carbocycles. The van der Waals surface area contributed by atoms with Crippen LogP contribution in [0, 0.1) is 0 Å². The van der Waals surface area contributed by atoms with E-state index < -0.39 is 0 Å². The van der Waals surface area contributed by atoms with E-state index in [0.29, 0.717) is 5.54 Å². The number of aryl methyl sites for hydroxylation is 1. The van der Waals surface area contributed by atoms with Crippen molar-refractivity contribution in [3.8, 4) is 0 Å². The average Bonchev–Trinajstić information content (AvgIpc) is 2.66. The number of hydrogen-bond donors (Lipinski definition) is 2. The van der Waals surface area contributed by atoms with Crippen LogP contribution in [0.15, 0.2) is 18.5 Å². The van der Waals surface area contributed by atoms with Crippen LogP contribution < -0.4 is 5.32 Å². The first-order chi connectivity index (χ1) is 8.18. The Morgan fingerprint density at radius 2 is 2.18 bits per heavy atom. The summed E-state index contributed by atoms with van der Waals surface area (Å²) in [6.45, 7) is 9.47. The highest BCUT2D eigenvalue weighted by atomic mass is 15.2. The molecule has 0 atom stereocenters. The maximum Gasteiger partial charge on any atom is 0.0156 e. The molecule has 0 aliphatic carbocycles. The lowest BCUT2D eigenvalue weighted by Crippen LogP contribution is -2.46. The molecule has 1 aromatic heterocycles. The van der Waals surface area contributed by atoms with Crippen molar-refractivity contribution < 1.29 is 0 Å². The van der Waals surface area contributed by atoms with Gasteiger partial charge in [0.25, 0.3) is 0 Å². The third-order valence-corrected chi connectivity index (χ3v) is 3.88. The minimum Gasteiger partial charge on any atom is -0.367 e. The average molecular weight is 235 g/mol. The summed E-state index contributed by atoms with van der Waals surface area (Å²) in [5, 5.41) is 3.47. The largest absolute Gasteiger partial charge is 0.367 e. The van der Waals surface area contributed by atoms with Crippen molar-refractivity contribution >= 4 is 0 Å². The SMILES string of the molecule is CC(C)(CCc1cc[nH]c1)N1CCCNCC1. The normalized spacial score (nSPS) is 19.2. The standard InChI is InChI=1S/C14H25N3/c1-14(2,6-4-13-5-8-16-12-13)17-10-3-7-15-9-11-17/h5,8,12,15-16H,3-4,6-7,9-11H2,1-2H3. The maximum absolute atomic E-state index is 3.47. The van der Waals surface area contributed by atoms with Crippen LogP contribution in [0.2, 0.25) is 0 Å². The predicted octanol–water partition coefficient (Wildman–Crippen LogP) is 2.02. The summed E-state index contributed by atoms with van der Waals surface area (Å²) < 4.78 is 0. The molecule has 2 heterocycles. The van der Waals surface area contributed by atoms with Crippen molar-refractivity contribution in [3.63, 3.8) is 0 Å². The molecular weight excluding hydrogens is 210 g/mol. The molecule has 96 valence electrons. The van der Waals surface area contributed by atoms with Crippen molar-refractivity contribution in [2.24, 2.45) is 0 Å². The minimum absolute atomic E-state index is 0.309. The van der Waals surface area contributed by atoms with E-state index >= 15 is 0 Å². The molecule has 0 radical (unpaired) electrons. The molecule has 17 heavy (non-hydrogen) atoms.